The minimum absolute atomic E-state index is 0.0194. The molecule has 0 spiro atoms. The van der Waals surface area contributed by atoms with Gasteiger partial charge in [0.05, 0.1) is 16.4 Å². The Morgan fingerprint density at radius 1 is 1.20 bits per heavy atom. The SMILES string of the molecule is Cc1ccc(Nc2cc(F)c(Cl)cc2N)cc1N(C)C. The lowest BCUT2D eigenvalue weighted by atomic mass is 10.1. The second-order valence-corrected chi connectivity index (χ2v) is 5.28. The molecule has 0 aromatic heterocycles. The Morgan fingerprint density at radius 2 is 1.90 bits per heavy atom. The van der Waals surface area contributed by atoms with Crippen molar-refractivity contribution in [1.29, 1.82) is 0 Å². The molecule has 106 valence electrons. The summed E-state index contributed by atoms with van der Waals surface area (Å²) >= 11 is 5.69. The lowest BCUT2D eigenvalue weighted by Gasteiger charge is -2.18. The van der Waals surface area contributed by atoms with E-state index in [1.54, 1.807) is 0 Å². The van der Waals surface area contributed by atoms with Gasteiger partial charge in [-0.15, -0.1) is 0 Å². The van der Waals surface area contributed by atoms with Gasteiger partial charge in [-0.1, -0.05) is 17.7 Å². The van der Waals surface area contributed by atoms with Gasteiger partial charge in [-0.2, -0.15) is 0 Å². The zero-order valence-corrected chi connectivity index (χ0v) is 12.4. The maximum Gasteiger partial charge on any atom is 0.144 e. The molecule has 0 aliphatic heterocycles. The number of nitrogens with two attached hydrogens (primary N) is 1. The average Bonchev–Trinajstić information content (AvgIpc) is 2.37. The molecule has 3 N–H and O–H groups in total. The zero-order valence-electron chi connectivity index (χ0n) is 11.7. The number of hydrogen-bond donors (Lipinski definition) is 2. The molecule has 5 heteroatoms. The fourth-order valence-electron chi connectivity index (χ4n) is 1.99. The molecule has 2 aromatic carbocycles. The third-order valence-corrected chi connectivity index (χ3v) is 3.35. The van der Waals surface area contributed by atoms with E-state index in [9.17, 15) is 4.39 Å². The second-order valence-electron chi connectivity index (χ2n) is 4.87. The summed E-state index contributed by atoms with van der Waals surface area (Å²) in [6.07, 6.45) is 0. The number of halogens is 2. The van der Waals surface area contributed by atoms with E-state index >= 15 is 0 Å². The predicted molar refractivity (Wildman–Crippen MR) is 84.6 cm³/mol. The van der Waals surface area contributed by atoms with E-state index in [1.165, 1.54) is 12.1 Å². The minimum atomic E-state index is -0.497. The van der Waals surface area contributed by atoms with Crippen molar-refractivity contribution in [1.82, 2.24) is 0 Å². The normalized spacial score (nSPS) is 10.4. The second kappa shape index (κ2) is 5.59. The molecule has 0 saturated heterocycles. The predicted octanol–water partition coefficient (Wildman–Crippen LogP) is 4.18. The number of nitrogen functional groups attached to an aromatic ring is 1. The van der Waals surface area contributed by atoms with Gasteiger partial charge in [-0.05, 0) is 30.7 Å². The van der Waals surface area contributed by atoms with Gasteiger partial charge >= 0.3 is 0 Å². The van der Waals surface area contributed by atoms with Gasteiger partial charge in [0.15, 0.2) is 0 Å². The average molecular weight is 294 g/mol. The maximum atomic E-state index is 13.5. The van der Waals surface area contributed by atoms with Gasteiger partial charge in [0.25, 0.3) is 0 Å². The molecular formula is C15H17ClFN3. The molecule has 0 heterocycles. The van der Waals surface area contributed by atoms with E-state index in [0.717, 1.165) is 16.9 Å². The molecule has 0 saturated carbocycles. The number of rotatable bonds is 3. The van der Waals surface area contributed by atoms with E-state index < -0.39 is 5.82 Å². The molecule has 0 aliphatic carbocycles. The fraction of sp³-hybridized carbons (Fsp3) is 0.200. The number of anilines is 4. The quantitative estimate of drug-likeness (QED) is 0.834. The molecular weight excluding hydrogens is 277 g/mol. The number of aryl methyl sites for hydroxylation is 1. The minimum Gasteiger partial charge on any atom is -0.397 e. The van der Waals surface area contributed by atoms with Crippen molar-refractivity contribution in [2.24, 2.45) is 0 Å². The molecule has 0 fully saturated rings. The third-order valence-electron chi connectivity index (χ3n) is 3.06. The molecule has 2 rings (SSSR count). The largest absolute Gasteiger partial charge is 0.397 e. The van der Waals surface area contributed by atoms with Gasteiger partial charge < -0.3 is 16.0 Å². The monoisotopic (exact) mass is 293 g/mol. The first-order valence-corrected chi connectivity index (χ1v) is 6.56. The molecule has 0 bridgehead atoms. The Hall–Kier alpha value is -1.94. The van der Waals surface area contributed by atoms with E-state index in [2.05, 4.69) is 5.32 Å². The van der Waals surface area contributed by atoms with Crippen molar-refractivity contribution in [2.45, 2.75) is 6.92 Å². The van der Waals surface area contributed by atoms with Crippen LogP contribution in [0.4, 0.5) is 27.1 Å². The summed E-state index contributed by atoms with van der Waals surface area (Å²) in [6.45, 7) is 2.04. The number of nitrogens with zero attached hydrogens (tertiary/aromatic N) is 1. The fourth-order valence-corrected chi connectivity index (χ4v) is 2.17. The van der Waals surface area contributed by atoms with Gasteiger partial charge in [0, 0.05) is 31.5 Å². The lowest BCUT2D eigenvalue weighted by Crippen LogP contribution is -2.10. The highest BCUT2D eigenvalue weighted by molar-refractivity contribution is 6.31. The van der Waals surface area contributed by atoms with Crippen LogP contribution in [0.25, 0.3) is 0 Å². The highest BCUT2D eigenvalue weighted by atomic mass is 35.5. The first kappa shape index (κ1) is 14.5. The van der Waals surface area contributed by atoms with Gasteiger partial charge in [0.2, 0.25) is 0 Å². The first-order valence-electron chi connectivity index (χ1n) is 6.18. The smallest absolute Gasteiger partial charge is 0.144 e. The Kier molecular flexibility index (Phi) is 4.04. The Balaban J connectivity index is 2.35. The summed E-state index contributed by atoms with van der Waals surface area (Å²) < 4.78 is 13.5. The molecule has 20 heavy (non-hydrogen) atoms. The van der Waals surface area contributed by atoms with E-state index in [-0.39, 0.29) is 5.02 Å². The van der Waals surface area contributed by atoms with Crippen molar-refractivity contribution < 1.29 is 4.39 Å². The molecule has 3 nitrogen and oxygen atoms in total. The number of nitrogens with one attached hydrogen (secondary N) is 1. The standard InChI is InChI=1S/C15H17ClFN3/c1-9-4-5-10(6-15(9)20(2)3)19-14-8-12(17)11(16)7-13(14)18/h4-8,19H,18H2,1-3H3. The van der Waals surface area contributed by atoms with Crippen LogP contribution >= 0.6 is 11.6 Å². The molecule has 2 aromatic rings. The molecule has 0 amide bonds. The number of benzene rings is 2. The Bertz CT molecular complexity index is 641. The highest BCUT2D eigenvalue weighted by Gasteiger charge is 2.08. The third kappa shape index (κ3) is 2.96. The van der Waals surface area contributed by atoms with E-state index in [0.29, 0.717) is 11.4 Å². The molecule has 0 unspecified atom stereocenters. The van der Waals surface area contributed by atoms with Crippen LogP contribution in [0.5, 0.6) is 0 Å². The Morgan fingerprint density at radius 3 is 2.55 bits per heavy atom. The summed E-state index contributed by atoms with van der Waals surface area (Å²) in [6, 6.07) is 8.61. The molecule has 0 aliphatic rings. The summed E-state index contributed by atoms with van der Waals surface area (Å²) in [5.41, 5.74) is 9.84. The summed E-state index contributed by atoms with van der Waals surface area (Å²) in [4.78, 5) is 2.02. The van der Waals surface area contributed by atoms with Crippen molar-refractivity contribution >= 4 is 34.4 Å². The van der Waals surface area contributed by atoms with Crippen LogP contribution < -0.4 is 16.0 Å². The van der Waals surface area contributed by atoms with Crippen LogP contribution in [-0.2, 0) is 0 Å². The van der Waals surface area contributed by atoms with E-state index in [4.69, 9.17) is 17.3 Å². The zero-order chi connectivity index (χ0) is 14.9. The molecule has 0 atom stereocenters. The van der Waals surface area contributed by atoms with Crippen LogP contribution in [0.2, 0.25) is 5.02 Å². The van der Waals surface area contributed by atoms with Crippen molar-refractivity contribution in [3.63, 3.8) is 0 Å². The van der Waals surface area contributed by atoms with Crippen LogP contribution in [0.1, 0.15) is 5.56 Å². The van der Waals surface area contributed by atoms with Crippen molar-refractivity contribution in [3.05, 3.63) is 46.7 Å². The Labute approximate surface area is 123 Å². The summed E-state index contributed by atoms with van der Waals surface area (Å²) in [7, 11) is 3.95. The van der Waals surface area contributed by atoms with Crippen LogP contribution in [-0.4, -0.2) is 14.1 Å². The first-order chi connectivity index (χ1) is 9.38. The van der Waals surface area contributed by atoms with Crippen LogP contribution in [0.15, 0.2) is 30.3 Å². The van der Waals surface area contributed by atoms with Crippen molar-refractivity contribution in [2.75, 3.05) is 30.0 Å². The van der Waals surface area contributed by atoms with Crippen LogP contribution in [0, 0.1) is 12.7 Å². The van der Waals surface area contributed by atoms with E-state index in [1.807, 2.05) is 44.1 Å². The number of hydrogen-bond acceptors (Lipinski definition) is 3. The summed E-state index contributed by atoms with van der Waals surface area (Å²) in [5.74, 6) is -0.497. The lowest BCUT2D eigenvalue weighted by molar-refractivity contribution is 0.629. The van der Waals surface area contributed by atoms with Crippen molar-refractivity contribution in [3.8, 4) is 0 Å². The van der Waals surface area contributed by atoms with Gasteiger partial charge in [-0.25, -0.2) is 4.39 Å². The highest BCUT2D eigenvalue weighted by Crippen LogP contribution is 2.30. The molecule has 0 radical (unpaired) electrons. The van der Waals surface area contributed by atoms with Gasteiger partial charge in [-0.3, -0.25) is 0 Å². The van der Waals surface area contributed by atoms with Crippen LogP contribution in [0.3, 0.4) is 0 Å². The van der Waals surface area contributed by atoms with Gasteiger partial charge in [0.1, 0.15) is 5.82 Å². The summed E-state index contributed by atoms with van der Waals surface area (Å²) in [5, 5.41) is 3.13. The maximum absolute atomic E-state index is 13.5. The topological polar surface area (TPSA) is 41.3 Å².